The number of benzene rings is 2. The topological polar surface area (TPSA) is 81.4 Å². The second-order valence-electron chi connectivity index (χ2n) is 4.84. The summed E-state index contributed by atoms with van der Waals surface area (Å²) in [7, 11) is 1.30. The second-order valence-corrected chi connectivity index (χ2v) is 4.84. The fourth-order valence-corrected chi connectivity index (χ4v) is 2.12. The van der Waals surface area contributed by atoms with Gasteiger partial charge in [-0.05, 0) is 11.1 Å². The number of nitrogens with one attached hydrogen (secondary N) is 1. The highest BCUT2D eigenvalue weighted by molar-refractivity contribution is 5.92. The third-order valence-electron chi connectivity index (χ3n) is 3.27. The number of esters is 1. The summed E-state index contributed by atoms with van der Waals surface area (Å²) in [5, 5.41) is 3.04. The molecule has 0 aromatic heterocycles. The van der Waals surface area contributed by atoms with Crippen molar-refractivity contribution in [2.24, 2.45) is 5.73 Å². The van der Waals surface area contributed by atoms with Crippen molar-refractivity contribution in [1.29, 1.82) is 0 Å². The quantitative estimate of drug-likeness (QED) is 0.632. The molecule has 118 valence electrons. The Balaban J connectivity index is 2.37. The van der Waals surface area contributed by atoms with E-state index in [-0.39, 0.29) is 0 Å². The number of amides is 1. The highest BCUT2D eigenvalue weighted by Gasteiger charge is 2.19. The number of methoxy groups -OCH3 is 1. The molecule has 0 heterocycles. The number of primary amides is 1. The van der Waals surface area contributed by atoms with Gasteiger partial charge in [0.15, 0.2) is 0 Å². The minimum absolute atomic E-state index is 0.463. The van der Waals surface area contributed by atoms with Crippen LogP contribution >= 0.6 is 0 Å². The highest BCUT2D eigenvalue weighted by atomic mass is 16.5. The van der Waals surface area contributed by atoms with Gasteiger partial charge in [-0.1, -0.05) is 60.7 Å². The number of carbonyl (C=O) groups excluding carboxylic acids is 2. The zero-order valence-corrected chi connectivity index (χ0v) is 12.7. The first kappa shape index (κ1) is 16.3. The Morgan fingerprint density at radius 3 is 2.13 bits per heavy atom. The van der Waals surface area contributed by atoms with Crippen LogP contribution in [0.25, 0.3) is 5.70 Å². The van der Waals surface area contributed by atoms with E-state index in [1.54, 1.807) is 12.1 Å². The Labute approximate surface area is 134 Å². The van der Waals surface area contributed by atoms with E-state index in [2.05, 4.69) is 10.1 Å². The molecule has 2 aromatic rings. The molecule has 23 heavy (non-hydrogen) atoms. The van der Waals surface area contributed by atoms with Crippen LogP contribution in [-0.2, 0) is 14.3 Å². The van der Waals surface area contributed by atoms with Gasteiger partial charge in [-0.25, -0.2) is 4.79 Å². The Morgan fingerprint density at radius 2 is 1.61 bits per heavy atom. The minimum atomic E-state index is -0.757. The van der Waals surface area contributed by atoms with Crippen LogP contribution in [0.3, 0.4) is 0 Å². The number of hydrogen-bond donors (Lipinski definition) is 2. The lowest BCUT2D eigenvalue weighted by molar-refractivity contribution is -0.134. The molecule has 0 radical (unpaired) electrons. The van der Waals surface area contributed by atoms with Crippen LogP contribution in [0, 0.1) is 0 Å². The Kier molecular flexibility index (Phi) is 5.52. The molecule has 5 heteroatoms. The van der Waals surface area contributed by atoms with Gasteiger partial charge in [0.1, 0.15) is 6.04 Å². The van der Waals surface area contributed by atoms with Gasteiger partial charge in [0.25, 0.3) is 0 Å². The summed E-state index contributed by atoms with van der Waals surface area (Å²) in [4.78, 5) is 23.5. The maximum absolute atomic E-state index is 11.8. The van der Waals surface area contributed by atoms with Crippen LogP contribution in [0.5, 0.6) is 0 Å². The van der Waals surface area contributed by atoms with E-state index in [0.717, 1.165) is 5.56 Å². The molecule has 2 aromatic carbocycles. The van der Waals surface area contributed by atoms with E-state index in [1.807, 2.05) is 48.5 Å². The van der Waals surface area contributed by atoms with Crippen LogP contribution in [0.2, 0.25) is 0 Å². The van der Waals surface area contributed by atoms with Gasteiger partial charge in [-0.3, -0.25) is 4.79 Å². The standard InChI is InChI=1S/C18H18N2O3/c1-23-16(21)12-15(13-8-4-2-5-9-13)20-17(18(19)22)14-10-6-3-7-11-14/h2-12,17,20H,1H3,(H2,19,22)/b15-12-/t17-/m0/s1. The Morgan fingerprint density at radius 1 is 1.04 bits per heavy atom. The lowest BCUT2D eigenvalue weighted by Crippen LogP contribution is -2.33. The van der Waals surface area contributed by atoms with Gasteiger partial charge in [0.2, 0.25) is 5.91 Å². The van der Waals surface area contributed by atoms with E-state index in [4.69, 9.17) is 5.73 Å². The molecule has 0 bridgehead atoms. The Bertz CT molecular complexity index is 697. The van der Waals surface area contributed by atoms with Crippen molar-refractivity contribution < 1.29 is 14.3 Å². The summed E-state index contributed by atoms with van der Waals surface area (Å²) in [5.74, 6) is -1.06. The number of nitrogens with two attached hydrogens (primary N) is 1. The molecule has 2 rings (SSSR count). The first-order chi connectivity index (χ1) is 11.1. The molecule has 3 N–H and O–H groups in total. The average molecular weight is 310 g/mol. The van der Waals surface area contributed by atoms with Gasteiger partial charge in [-0.2, -0.15) is 0 Å². The van der Waals surface area contributed by atoms with E-state index in [9.17, 15) is 9.59 Å². The van der Waals surface area contributed by atoms with Crippen LogP contribution in [0.1, 0.15) is 17.2 Å². The summed E-state index contributed by atoms with van der Waals surface area (Å²) in [6.07, 6.45) is 1.30. The monoisotopic (exact) mass is 310 g/mol. The average Bonchev–Trinajstić information content (AvgIpc) is 2.59. The molecule has 0 fully saturated rings. The van der Waals surface area contributed by atoms with E-state index in [1.165, 1.54) is 13.2 Å². The molecule has 0 saturated heterocycles. The van der Waals surface area contributed by atoms with Gasteiger partial charge >= 0.3 is 5.97 Å². The van der Waals surface area contributed by atoms with Gasteiger partial charge in [0.05, 0.1) is 7.11 Å². The molecule has 0 aliphatic rings. The number of ether oxygens (including phenoxy) is 1. The third kappa shape index (κ3) is 4.44. The first-order valence-electron chi connectivity index (χ1n) is 7.07. The third-order valence-corrected chi connectivity index (χ3v) is 3.27. The second kappa shape index (κ2) is 7.79. The molecular weight excluding hydrogens is 292 g/mol. The molecule has 5 nitrogen and oxygen atoms in total. The molecule has 0 aliphatic heterocycles. The smallest absolute Gasteiger partial charge is 0.332 e. The van der Waals surface area contributed by atoms with Gasteiger partial charge in [-0.15, -0.1) is 0 Å². The highest BCUT2D eigenvalue weighted by Crippen LogP contribution is 2.19. The summed E-state index contributed by atoms with van der Waals surface area (Å²) < 4.78 is 4.68. The molecule has 0 saturated carbocycles. The maximum atomic E-state index is 11.8. The molecule has 1 atom stereocenters. The number of hydrogen-bond acceptors (Lipinski definition) is 4. The predicted octanol–water partition coefficient (Wildman–Crippen LogP) is 2.02. The fourth-order valence-electron chi connectivity index (χ4n) is 2.12. The van der Waals surface area contributed by atoms with Crippen molar-refractivity contribution in [3.05, 3.63) is 77.9 Å². The van der Waals surface area contributed by atoms with E-state index >= 15 is 0 Å². The van der Waals surface area contributed by atoms with Gasteiger partial charge in [0, 0.05) is 11.8 Å². The summed E-state index contributed by atoms with van der Waals surface area (Å²) in [6, 6.07) is 17.5. The fraction of sp³-hybridized carbons (Fsp3) is 0.111. The van der Waals surface area contributed by atoms with Crippen molar-refractivity contribution in [2.45, 2.75) is 6.04 Å². The molecular formula is C18H18N2O3. The van der Waals surface area contributed by atoms with E-state index < -0.39 is 17.9 Å². The van der Waals surface area contributed by atoms with Crippen LogP contribution in [-0.4, -0.2) is 19.0 Å². The lowest BCUT2D eigenvalue weighted by Gasteiger charge is -2.19. The molecule has 0 unspecified atom stereocenters. The zero-order valence-electron chi connectivity index (χ0n) is 12.7. The summed E-state index contributed by atoms with van der Waals surface area (Å²) in [6.45, 7) is 0. The van der Waals surface area contributed by atoms with Crippen molar-refractivity contribution in [2.75, 3.05) is 7.11 Å². The number of rotatable bonds is 6. The minimum Gasteiger partial charge on any atom is -0.466 e. The predicted molar refractivity (Wildman–Crippen MR) is 87.9 cm³/mol. The Hall–Kier alpha value is -3.08. The van der Waals surface area contributed by atoms with Crippen molar-refractivity contribution >= 4 is 17.6 Å². The lowest BCUT2D eigenvalue weighted by atomic mass is 10.0. The van der Waals surface area contributed by atoms with E-state index in [0.29, 0.717) is 11.3 Å². The largest absolute Gasteiger partial charge is 0.466 e. The van der Waals surface area contributed by atoms with Crippen LogP contribution in [0.15, 0.2) is 66.7 Å². The van der Waals surface area contributed by atoms with Crippen molar-refractivity contribution in [3.63, 3.8) is 0 Å². The molecule has 1 amide bonds. The SMILES string of the molecule is COC(=O)/C=C(\N[C@H](C(N)=O)c1ccccc1)c1ccccc1. The van der Waals surface area contributed by atoms with Crippen molar-refractivity contribution in [1.82, 2.24) is 5.32 Å². The molecule has 0 spiro atoms. The van der Waals surface area contributed by atoms with Crippen LogP contribution < -0.4 is 11.1 Å². The first-order valence-corrected chi connectivity index (χ1v) is 7.07. The van der Waals surface area contributed by atoms with Crippen LogP contribution in [0.4, 0.5) is 0 Å². The summed E-state index contributed by atoms with van der Waals surface area (Å²) >= 11 is 0. The van der Waals surface area contributed by atoms with Crippen molar-refractivity contribution in [3.8, 4) is 0 Å². The maximum Gasteiger partial charge on any atom is 0.332 e. The normalized spacial score (nSPS) is 12.3. The zero-order chi connectivity index (χ0) is 16.7. The number of carbonyl (C=O) groups is 2. The summed E-state index contributed by atoms with van der Waals surface area (Å²) in [5.41, 5.74) is 7.44. The van der Waals surface area contributed by atoms with Gasteiger partial charge < -0.3 is 15.8 Å². The molecule has 0 aliphatic carbocycles.